The summed E-state index contributed by atoms with van der Waals surface area (Å²) in [5.41, 5.74) is 2.21. The fraction of sp³-hybridized carbons (Fsp3) is 0.733. The zero-order valence-corrected chi connectivity index (χ0v) is 11.9. The Bertz CT molecular complexity index is 431. The summed E-state index contributed by atoms with van der Waals surface area (Å²) in [6.07, 6.45) is 1.49. The zero-order chi connectivity index (χ0) is 13.7. The van der Waals surface area contributed by atoms with Gasteiger partial charge in [-0.15, -0.1) is 0 Å². The molecule has 0 heterocycles. The molecule has 0 saturated heterocycles. The fourth-order valence-corrected chi connectivity index (χ4v) is 3.71. The van der Waals surface area contributed by atoms with Crippen LogP contribution in [-0.4, -0.2) is 18.9 Å². The third-order valence-corrected chi connectivity index (χ3v) is 5.15. The minimum absolute atomic E-state index is 0.0524. The number of fused-ring (bicyclic) bond motifs is 3. The second-order valence-corrected chi connectivity index (χ2v) is 6.20. The van der Waals surface area contributed by atoms with Crippen molar-refractivity contribution in [2.75, 3.05) is 7.11 Å². The number of methoxy groups -OCH3 is 1. The number of hydrogen-bond acceptors (Lipinski definition) is 3. The third kappa shape index (κ3) is 1.63. The van der Waals surface area contributed by atoms with Gasteiger partial charge in [-0.2, -0.15) is 0 Å². The molecule has 4 atom stereocenters. The number of carbonyl (C=O) groups excluding carboxylic acids is 2. The maximum atomic E-state index is 12.4. The highest BCUT2D eigenvalue weighted by Gasteiger charge is 2.58. The van der Waals surface area contributed by atoms with E-state index in [1.165, 1.54) is 18.3 Å². The van der Waals surface area contributed by atoms with E-state index in [1.54, 1.807) is 0 Å². The van der Waals surface area contributed by atoms with Crippen molar-refractivity contribution in [3.05, 3.63) is 11.1 Å². The topological polar surface area (TPSA) is 43.4 Å². The maximum absolute atomic E-state index is 12.4. The van der Waals surface area contributed by atoms with E-state index in [9.17, 15) is 9.59 Å². The molecule has 2 bridgehead atoms. The molecule has 3 rings (SSSR count). The summed E-state index contributed by atoms with van der Waals surface area (Å²) in [5.74, 6) is -0.0996. The van der Waals surface area contributed by atoms with Gasteiger partial charge in [-0.1, -0.05) is 25.0 Å². The van der Waals surface area contributed by atoms with Crippen molar-refractivity contribution in [2.45, 2.75) is 40.5 Å². The largest absolute Gasteiger partial charge is 0.469 e. The quantitative estimate of drug-likeness (QED) is 0.531. The Morgan fingerprint density at radius 2 is 2.00 bits per heavy atom. The Morgan fingerprint density at radius 3 is 2.50 bits per heavy atom. The molecule has 18 heavy (non-hydrogen) atoms. The average molecular weight is 250 g/mol. The molecule has 0 aliphatic heterocycles. The highest BCUT2D eigenvalue weighted by atomic mass is 16.5. The highest BCUT2D eigenvalue weighted by molar-refractivity contribution is 5.91. The summed E-state index contributed by atoms with van der Waals surface area (Å²) in [4.78, 5) is 24.3. The molecular formula is C15H22O3. The third-order valence-electron chi connectivity index (χ3n) is 5.15. The van der Waals surface area contributed by atoms with E-state index in [-0.39, 0.29) is 29.1 Å². The summed E-state index contributed by atoms with van der Waals surface area (Å²) in [7, 11) is 1.43. The molecule has 0 unspecified atom stereocenters. The van der Waals surface area contributed by atoms with Crippen LogP contribution >= 0.6 is 0 Å². The van der Waals surface area contributed by atoms with Crippen molar-refractivity contribution in [1.82, 2.24) is 0 Å². The molecule has 0 N–H and O–H groups in total. The lowest BCUT2D eigenvalue weighted by Gasteiger charge is -2.53. The van der Waals surface area contributed by atoms with Crippen molar-refractivity contribution < 1.29 is 14.3 Å². The number of allylic oxidation sites excluding steroid dienone is 2. The van der Waals surface area contributed by atoms with E-state index in [2.05, 4.69) is 20.8 Å². The monoisotopic (exact) mass is 250 g/mol. The minimum atomic E-state index is -0.272. The standard InChI is InChI=1S/C15H22O3/c1-8(2)11-7-15(4)9(3)13(16)10(11)6-12(15)14(17)18-5/h9-10,12H,6-7H2,1-5H3/t9-,10+,12+,15-/m1/s1. The Balaban J connectivity index is 2.46. The molecule has 3 fully saturated rings. The summed E-state index contributed by atoms with van der Waals surface area (Å²) in [6.45, 7) is 8.15. The van der Waals surface area contributed by atoms with Crippen LogP contribution in [0.3, 0.4) is 0 Å². The summed E-state index contributed by atoms with van der Waals surface area (Å²) < 4.78 is 4.92. The number of esters is 1. The van der Waals surface area contributed by atoms with Gasteiger partial charge < -0.3 is 4.74 Å². The van der Waals surface area contributed by atoms with Crippen molar-refractivity contribution in [3.8, 4) is 0 Å². The first-order chi connectivity index (χ1) is 8.32. The van der Waals surface area contributed by atoms with E-state index < -0.39 is 0 Å². The van der Waals surface area contributed by atoms with Crippen LogP contribution in [0.15, 0.2) is 11.1 Å². The first kappa shape index (κ1) is 13.3. The van der Waals surface area contributed by atoms with Crippen molar-refractivity contribution in [1.29, 1.82) is 0 Å². The second kappa shape index (κ2) is 4.22. The zero-order valence-electron chi connectivity index (χ0n) is 11.9. The molecule has 0 aromatic carbocycles. The van der Waals surface area contributed by atoms with Gasteiger partial charge in [-0.25, -0.2) is 0 Å². The molecule has 0 radical (unpaired) electrons. The number of Topliss-reactive ketones (excluding diaryl/α,β-unsaturated/α-hetero) is 1. The van der Waals surface area contributed by atoms with E-state index in [4.69, 9.17) is 4.74 Å². The number of ketones is 1. The molecule has 3 nitrogen and oxygen atoms in total. The van der Waals surface area contributed by atoms with Gasteiger partial charge in [0.2, 0.25) is 0 Å². The highest BCUT2D eigenvalue weighted by Crippen LogP contribution is 2.57. The van der Waals surface area contributed by atoms with Crippen LogP contribution in [0.4, 0.5) is 0 Å². The summed E-state index contributed by atoms with van der Waals surface area (Å²) in [5, 5.41) is 0. The summed E-state index contributed by atoms with van der Waals surface area (Å²) >= 11 is 0. The molecule has 0 spiro atoms. The maximum Gasteiger partial charge on any atom is 0.309 e. The second-order valence-electron chi connectivity index (χ2n) is 6.20. The Kier molecular flexibility index (Phi) is 3.12. The van der Waals surface area contributed by atoms with Gasteiger partial charge in [0.15, 0.2) is 0 Å². The van der Waals surface area contributed by atoms with E-state index in [0.29, 0.717) is 12.2 Å². The minimum Gasteiger partial charge on any atom is -0.469 e. The van der Waals surface area contributed by atoms with Crippen LogP contribution in [0.25, 0.3) is 0 Å². The molecular weight excluding hydrogens is 228 g/mol. The molecule has 0 aromatic heterocycles. The number of ether oxygens (including phenoxy) is 1. The molecule has 3 aliphatic rings. The predicted molar refractivity (Wildman–Crippen MR) is 68.9 cm³/mol. The van der Waals surface area contributed by atoms with Gasteiger partial charge in [-0.3, -0.25) is 9.59 Å². The number of hydrogen-bond donors (Lipinski definition) is 0. The Hall–Kier alpha value is -1.12. The smallest absolute Gasteiger partial charge is 0.309 e. The molecule has 3 aliphatic carbocycles. The molecule has 100 valence electrons. The van der Waals surface area contributed by atoms with Crippen LogP contribution < -0.4 is 0 Å². The van der Waals surface area contributed by atoms with E-state index in [0.717, 1.165) is 6.42 Å². The predicted octanol–water partition coefficient (Wildman–Crippen LogP) is 2.75. The lowest BCUT2D eigenvalue weighted by Crippen LogP contribution is -2.55. The van der Waals surface area contributed by atoms with Crippen molar-refractivity contribution >= 4 is 11.8 Å². The normalized spacial score (nSPS) is 38.8. The lowest BCUT2D eigenvalue weighted by molar-refractivity contribution is -0.162. The molecule has 3 heteroatoms. The van der Waals surface area contributed by atoms with Gasteiger partial charge in [0, 0.05) is 11.8 Å². The first-order valence-electron chi connectivity index (χ1n) is 6.60. The lowest BCUT2D eigenvalue weighted by atomic mass is 9.49. The number of carbonyl (C=O) groups is 2. The van der Waals surface area contributed by atoms with Crippen LogP contribution in [0.1, 0.15) is 40.5 Å². The number of rotatable bonds is 1. The van der Waals surface area contributed by atoms with Crippen LogP contribution in [0.2, 0.25) is 0 Å². The van der Waals surface area contributed by atoms with Gasteiger partial charge in [0.05, 0.1) is 13.0 Å². The van der Waals surface area contributed by atoms with Crippen LogP contribution in [-0.2, 0) is 14.3 Å². The van der Waals surface area contributed by atoms with Gasteiger partial charge in [-0.05, 0) is 32.1 Å². The van der Waals surface area contributed by atoms with Crippen LogP contribution in [0.5, 0.6) is 0 Å². The Labute approximate surface area is 109 Å². The van der Waals surface area contributed by atoms with Gasteiger partial charge >= 0.3 is 5.97 Å². The SMILES string of the molecule is COC(=O)[C@@H]1C[C@@H]2C(=O)[C@@H](C)[C@@]1(C)CC2=C(C)C. The van der Waals surface area contributed by atoms with Crippen molar-refractivity contribution in [3.63, 3.8) is 0 Å². The average Bonchev–Trinajstić information content (AvgIpc) is 2.33. The summed E-state index contributed by atoms with van der Waals surface area (Å²) in [6, 6.07) is 0. The van der Waals surface area contributed by atoms with Crippen molar-refractivity contribution in [2.24, 2.45) is 23.2 Å². The fourth-order valence-electron chi connectivity index (χ4n) is 3.71. The van der Waals surface area contributed by atoms with E-state index >= 15 is 0 Å². The van der Waals surface area contributed by atoms with Gasteiger partial charge in [0.25, 0.3) is 0 Å². The first-order valence-corrected chi connectivity index (χ1v) is 6.60. The van der Waals surface area contributed by atoms with E-state index in [1.807, 2.05) is 6.92 Å². The Morgan fingerprint density at radius 1 is 1.39 bits per heavy atom. The molecule has 0 aromatic rings. The molecule has 3 saturated carbocycles. The molecule has 0 amide bonds. The van der Waals surface area contributed by atoms with Gasteiger partial charge in [0.1, 0.15) is 5.78 Å². The van der Waals surface area contributed by atoms with Crippen LogP contribution in [0, 0.1) is 23.2 Å².